The van der Waals surface area contributed by atoms with Crippen LogP contribution in [0.15, 0.2) is 29.1 Å². The average molecular weight is 355 g/mol. The molecule has 2 aromatic rings. The van der Waals surface area contributed by atoms with Crippen molar-refractivity contribution in [1.29, 1.82) is 10.5 Å². The summed E-state index contributed by atoms with van der Waals surface area (Å²) in [5.41, 5.74) is 0.299. The number of hydrogen-bond acceptors (Lipinski definition) is 5. The summed E-state index contributed by atoms with van der Waals surface area (Å²) in [7, 11) is 0. The Bertz CT molecular complexity index is 1020. The van der Waals surface area contributed by atoms with E-state index in [9.17, 15) is 19.7 Å². The summed E-state index contributed by atoms with van der Waals surface area (Å²) in [6.45, 7) is 0.968. The molecule has 1 saturated heterocycles. The highest BCUT2D eigenvalue weighted by Gasteiger charge is 2.19. The maximum Gasteiger partial charge on any atom is 0.269 e. The lowest BCUT2D eigenvalue weighted by Crippen LogP contribution is -2.35. The molecule has 7 heteroatoms. The van der Waals surface area contributed by atoms with Crippen LogP contribution in [0.2, 0.25) is 0 Å². The highest BCUT2D eigenvalue weighted by atomic mass is 32.1. The number of hydrogen-bond donors (Lipinski definition) is 0. The van der Waals surface area contributed by atoms with Crippen LogP contribution in [0.25, 0.3) is 11.6 Å². The molecule has 0 bridgehead atoms. The van der Waals surface area contributed by atoms with Crippen molar-refractivity contribution in [2.75, 3.05) is 6.61 Å². The van der Waals surface area contributed by atoms with E-state index in [0.717, 1.165) is 24.2 Å². The van der Waals surface area contributed by atoms with Gasteiger partial charge in [-0.05, 0) is 36.6 Å². The van der Waals surface area contributed by atoms with E-state index in [-0.39, 0.29) is 23.1 Å². The van der Waals surface area contributed by atoms with Crippen LogP contribution >= 0.6 is 11.3 Å². The SMILES string of the molecule is N#CC(C#N)=c1sc(=Cc2ccc(F)cc2)c(=O)n1C[C@H]1CCCO1. The van der Waals surface area contributed by atoms with Crippen LogP contribution in [0.1, 0.15) is 18.4 Å². The summed E-state index contributed by atoms with van der Waals surface area (Å²) in [6, 6.07) is 9.45. The summed E-state index contributed by atoms with van der Waals surface area (Å²) in [5.74, 6) is -0.357. The van der Waals surface area contributed by atoms with E-state index in [0.29, 0.717) is 27.9 Å². The second kappa shape index (κ2) is 7.43. The van der Waals surface area contributed by atoms with Crippen LogP contribution in [0, 0.1) is 28.5 Å². The van der Waals surface area contributed by atoms with Gasteiger partial charge in [0.25, 0.3) is 5.56 Å². The molecule has 3 rings (SSSR count). The third-order valence-corrected chi connectivity index (χ3v) is 5.05. The standard InChI is InChI=1S/C18H14FN3O2S/c19-14-5-3-12(4-6-14)8-16-17(23)22(11-15-2-1-7-24-15)18(25-16)13(9-20)10-21/h3-6,8,15H,1-2,7,11H2/t15-/m1/s1. The Hall–Kier alpha value is -2.74. The van der Waals surface area contributed by atoms with Gasteiger partial charge in [0.2, 0.25) is 0 Å². The van der Waals surface area contributed by atoms with Crippen molar-refractivity contribution in [2.45, 2.75) is 25.5 Å². The zero-order valence-corrected chi connectivity index (χ0v) is 14.1. The molecule has 1 aromatic carbocycles. The maximum atomic E-state index is 13.0. The van der Waals surface area contributed by atoms with Crippen LogP contribution < -0.4 is 14.8 Å². The van der Waals surface area contributed by atoms with Gasteiger partial charge in [-0.3, -0.25) is 9.36 Å². The second-order valence-electron chi connectivity index (χ2n) is 5.62. The monoisotopic (exact) mass is 355 g/mol. The van der Waals surface area contributed by atoms with Crippen LogP contribution in [-0.4, -0.2) is 17.3 Å². The maximum absolute atomic E-state index is 13.0. The molecule has 1 atom stereocenters. The minimum Gasteiger partial charge on any atom is -0.376 e. The molecule has 2 heterocycles. The molecule has 0 radical (unpaired) electrons. The minimum atomic E-state index is -0.357. The molecular weight excluding hydrogens is 341 g/mol. The van der Waals surface area contributed by atoms with Gasteiger partial charge in [0.15, 0.2) is 5.57 Å². The van der Waals surface area contributed by atoms with Gasteiger partial charge in [0, 0.05) is 6.61 Å². The van der Waals surface area contributed by atoms with Crippen molar-refractivity contribution in [2.24, 2.45) is 0 Å². The molecule has 0 unspecified atom stereocenters. The number of aromatic nitrogens is 1. The zero-order chi connectivity index (χ0) is 17.8. The van der Waals surface area contributed by atoms with E-state index in [1.54, 1.807) is 18.2 Å². The Morgan fingerprint density at radius 3 is 2.68 bits per heavy atom. The highest BCUT2D eigenvalue weighted by Crippen LogP contribution is 2.12. The van der Waals surface area contributed by atoms with Crippen LogP contribution in [-0.2, 0) is 11.3 Å². The summed E-state index contributed by atoms with van der Waals surface area (Å²) in [6.07, 6.45) is 3.31. The molecule has 1 fully saturated rings. The van der Waals surface area contributed by atoms with Gasteiger partial charge in [-0.1, -0.05) is 12.1 Å². The smallest absolute Gasteiger partial charge is 0.269 e. The number of benzene rings is 1. The number of nitriles is 2. The van der Waals surface area contributed by atoms with Crippen molar-refractivity contribution in [3.8, 4) is 12.1 Å². The molecule has 126 valence electrons. The van der Waals surface area contributed by atoms with Crippen LogP contribution in [0.5, 0.6) is 0 Å². The van der Waals surface area contributed by atoms with Crippen LogP contribution in [0.4, 0.5) is 4.39 Å². The van der Waals surface area contributed by atoms with E-state index >= 15 is 0 Å². The number of halogens is 1. The first-order valence-electron chi connectivity index (χ1n) is 7.75. The van der Waals surface area contributed by atoms with Crippen molar-refractivity contribution in [1.82, 2.24) is 4.57 Å². The van der Waals surface area contributed by atoms with E-state index in [1.807, 2.05) is 12.1 Å². The zero-order valence-electron chi connectivity index (χ0n) is 13.2. The molecule has 25 heavy (non-hydrogen) atoms. The van der Waals surface area contributed by atoms with Gasteiger partial charge in [0.05, 0.1) is 17.2 Å². The predicted molar refractivity (Wildman–Crippen MR) is 91.4 cm³/mol. The lowest BCUT2D eigenvalue weighted by atomic mass is 10.2. The Morgan fingerprint density at radius 1 is 1.36 bits per heavy atom. The second-order valence-corrected chi connectivity index (χ2v) is 6.65. The van der Waals surface area contributed by atoms with E-state index < -0.39 is 0 Å². The summed E-state index contributed by atoms with van der Waals surface area (Å²) < 4.78 is 20.8. The first kappa shape index (κ1) is 17.1. The fourth-order valence-corrected chi connectivity index (χ4v) is 3.76. The molecule has 5 nitrogen and oxygen atoms in total. The Balaban J connectivity index is 2.17. The lowest BCUT2D eigenvalue weighted by molar-refractivity contribution is 0.0959. The van der Waals surface area contributed by atoms with Crippen molar-refractivity contribution < 1.29 is 9.13 Å². The summed E-state index contributed by atoms with van der Waals surface area (Å²) in [4.78, 5) is 12.8. The fraction of sp³-hybridized carbons (Fsp3) is 0.278. The number of rotatable bonds is 3. The Kier molecular flexibility index (Phi) is 5.08. The minimum absolute atomic E-state index is 0.0941. The topological polar surface area (TPSA) is 78.8 Å². The highest BCUT2D eigenvalue weighted by molar-refractivity contribution is 7.07. The molecule has 1 aromatic heterocycles. The van der Waals surface area contributed by atoms with E-state index in [1.165, 1.54) is 16.7 Å². The van der Waals surface area contributed by atoms with Gasteiger partial charge in [-0.2, -0.15) is 10.5 Å². The third-order valence-electron chi connectivity index (χ3n) is 3.92. The van der Waals surface area contributed by atoms with Crippen molar-refractivity contribution in [3.05, 3.63) is 55.2 Å². The largest absolute Gasteiger partial charge is 0.376 e. The Labute approximate surface area is 147 Å². The number of nitrogens with zero attached hydrogens (tertiary/aromatic N) is 3. The van der Waals surface area contributed by atoms with Crippen molar-refractivity contribution >= 4 is 23.0 Å². The molecule has 1 aliphatic rings. The first-order chi connectivity index (χ1) is 12.1. The van der Waals surface area contributed by atoms with E-state index in [4.69, 9.17) is 4.74 Å². The molecule has 1 aliphatic heterocycles. The normalized spacial score (nSPS) is 17.2. The van der Waals surface area contributed by atoms with Gasteiger partial charge >= 0.3 is 0 Å². The fourth-order valence-electron chi connectivity index (χ4n) is 2.69. The van der Waals surface area contributed by atoms with Crippen molar-refractivity contribution in [3.63, 3.8) is 0 Å². The molecule has 0 spiro atoms. The van der Waals surface area contributed by atoms with E-state index in [2.05, 4.69) is 0 Å². The molecular formula is C18H14FN3O2S. The van der Waals surface area contributed by atoms with Gasteiger partial charge in [0.1, 0.15) is 22.6 Å². The Morgan fingerprint density at radius 2 is 2.08 bits per heavy atom. The molecule has 0 N–H and O–H groups in total. The third kappa shape index (κ3) is 3.69. The van der Waals surface area contributed by atoms with Gasteiger partial charge in [-0.15, -0.1) is 11.3 Å². The summed E-state index contributed by atoms with van der Waals surface area (Å²) in [5, 5.41) is 18.4. The average Bonchev–Trinajstić information content (AvgIpc) is 3.23. The van der Waals surface area contributed by atoms with Gasteiger partial charge in [-0.25, -0.2) is 4.39 Å². The quantitative estimate of drug-likeness (QED) is 0.830. The lowest BCUT2D eigenvalue weighted by Gasteiger charge is -2.09. The number of ether oxygens (including phenoxy) is 1. The van der Waals surface area contributed by atoms with Gasteiger partial charge < -0.3 is 4.74 Å². The first-order valence-corrected chi connectivity index (χ1v) is 8.57. The molecule has 0 amide bonds. The molecule has 0 saturated carbocycles. The number of thiazole rings is 1. The summed E-state index contributed by atoms with van der Waals surface area (Å²) >= 11 is 1.09. The molecule has 0 aliphatic carbocycles. The predicted octanol–water partition coefficient (Wildman–Crippen LogP) is 1.25. The van der Waals surface area contributed by atoms with Crippen LogP contribution in [0.3, 0.4) is 0 Å².